The molecule has 1 aromatic carbocycles. The SMILES string of the molecule is CNSCC1CCOc2ccc([N+](=O)[O-])cc21. The summed E-state index contributed by atoms with van der Waals surface area (Å²) in [5.41, 5.74) is 1.09. The molecule has 0 bridgehead atoms. The van der Waals surface area contributed by atoms with Crippen molar-refractivity contribution >= 4 is 17.6 Å². The molecular weight excluding hydrogens is 240 g/mol. The first-order valence-corrected chi connectivity index (χ1v) is 6.40. The molecule has 2 rings (SSSR count). The number of non-ortho nitro benzene ring substituents is 1. The van der Waals surface area contributed by atoms with Gasteiger partial charge in [-0.1, -0.05) is 11.9 Å². The molecule has 0 fully saturated rings. The molecule has 0 saturated carbocycles. The van der Waals surface area contributed by atoms with Crippen molar-refractivity contribution in [2.24, 2.45) is 0 Å². The van der Waals surface area contributed by atoms with Crippen LogP contribution in [0.15, 0.2) is 18.2 Å². The first kappa shape index (κ1) is 12.2. The van der Waals surface area contributed by atoms with Crippen LogP contribution in [0.1, 0.15) is 17.9 Å². The standard InChI is InChI=1S/C11H14N2O3S/c1-12-17-7-8-4-5-16-11-3-2-9(13(14)15)6-10(8)11/h2-3,6,8,12H,4-5,7H2,1H3. The van der Waals surface area contributed by atoms with E-state index in [2.05, 4.69) is 4.72 Å². The highest BCUT2D eigenvalue weighted by atomic mass is 32.2. The van der Waals surface area contributed by atoms with E-state index in [1.165, 1.54) is 6.07 Å². The Bertz CT molecular complexity index is 425. The molecule has 0 saturated heterocycles. The summed E-state index contributed by atoms with van der Waals surface area (Å²) in [6.07, 6.45) is 0.906. The second-order valence-electron chi connectivity index (χ2n) is 3.83. The number of ether oxygens (including phenoxy) is 1. The topological polar surface area (TPSA) is 64.4 Å². The second-order valence-corrected chi connectivity index (χ2v) is 4.86. The summed E-state index contributed by atoms with van der Waals surface area (Å²) in [6.45, 7) is 0.680. The van der Waals surface area contributed by atoms with Crippen LogP contribution in [0.2, 0.25) is 0 Å². The predicted molar refractivity (Wildman–Crippen MR) is 67.5 cm³/mol. The van der Waals surface area contributed by atoms with Gasteiger partial charge in [0, 0.05) is 29.4 Å². The van der Waals surface area contributed by atoms with Gasteiger partial charge in [0.25, 0.3) is 5.69 Å². The lowest BCUT2D eigenvalue weighted by Crippen LogP contribution is -2.17. The molecular formula is C11H14N2O3S. The minimum Gasteiger partial charge on any atom is -0.493 e. The third-order valence-corrected chi connectivity index (χ3v) is 3.65. The van der Waals surface area contributed by atoms with Gasteiger partial charge in [0.1, 0.15) is 5.75 Å². The Kier molecular flexibility index (Phi) is 3.86. The molecule has 1 aliphatic rings. The molecule has 1 unspecified atom stereocenters. The summed E-state index contributed by atoms with van der Waals surface area (Å²) in [5, 5.41) is 10.8. The largest absolute Gasteiger partial charge is 0.493 e. The molecule has 6 heteroatoms. The summed E-state index contributed by atoms with van der Waals surface area (Å²) in [5.74, 6) is 1.99. The Balaban J connectivity index is 2.27. The van der Waals surface area contributed by atoms with E-state index in [1.54, 1.807) is 24.1 Å². The van der Waals surface area contributed by atoms with Crippen LogP contribution in [0, 0.1) is 10.1 Å². The Hall–Kier alpha value is -1.27. The molecule has 0 radical (unpaired) electrons. The van der Waals surface area contributed by atoms with E-state index < -0.39 is 0 Å². The van der Waals surface area contributed by atoms with E-state index >= 15 is 0 Å². The average molecular weight is 254 g/mol. The van der Waals surface area contributed by atoms with Crippen LogP contribution >= 0.6 is 11.9 Å². The van der Waals surface area contributed by atoms with Gasteiger partial charge in [-0.3, -0.25) is 14.8 Å². The number of fused-ring (bicyclic) bond motifs is 1. The number of nitrogens with zero attached hydrogens (tertiary/aromatic N) is 1. The normalized spacial score (nSPS) is 18.3. The van der Waals surface area contributed by atoms with Crippen molar-refractivity contribution in [2.45, 2.75) is 12.3 Å². The summed E-state index contributed by atoms with van der Waals surface area (Å²) < 4.78 is 8.54. The number of benzene rings is 1. The van der Waals surface area contributed by atoms with Gasteiger partial charge in [-0.25, -0.2) is 0 Å². The number of hydrogen-bond acceptors (Lipinski definition) is 5. The zero-order valence-corrected chi connectivity index (χ0v) is 10.3. The number of rotatable bonds is 4. The molecule has 92 valence electrons. The van der Waals surface area contributed by atoms with Gasteiger partial charge in [-0.2, -0.15) is 0 Å². The van der Waals surface area contributed by atoms with E-state index in [9.17, 15) is 10.1 Å². The van der Waals surface area contributed by atoms with Gasteiger partial charge in [-0.05, 0) is 19.5 Å². The lowest BCUT2D eigenvalue weighted by Gasteiger charge is -2.25. The molecule has 5 nitrogen and oxygen atoms in total. The van der Waals surface area contributed by atoms with E-state index in [1.807, 2.05) is 7.05 Å². The van der Waals surface area contributed by atoms with Crippen LogP contribution in [0.5, 0.6) is 5.75 Å². The Morgan fingerprint density at radius 2 is 2.47 bits per heavy atom. The highest BCUT2D eigenvalue weighted by Crippen LogP contribution is 2.37. The molecule has 1 aliphatic heterocycles. The van der Waals surface area contributed by atoms with E-state index in [-0.39, 0.29) is 10.6 Å². The summed E-state index contributed by atoms with van der Waals surface area (Å²) >= 11 is 1.62. The van der Waals surface area contributed by atoms with Crippen LogP contribution in [0.4, 0.5) is 5.69 Å². The van der Waals surface area contributed by atoms with E-state index in [0.29, 0.717) is 12.5 Å². The van der Waals surface area contributed by atoms with Gasteiger partial charge in [-0.15, -0.1) is 0 Å². The summed E-state index contributed by atoms with van der Waals surface area (Å²) in [7, 11) is 1.87. The van der Waals surface area contributed by atoms with Crippen molar-refractivity contribution in [1.29, 1.82) is 0 Å². The monoisotopic (exact) mass is 254 g/mol. The van der Waals surface area contributed by atoms with Crippen LogP contribution in [0.3, 0.4) is 0 Å². The fraction of sp³-hybridized carbons (Fsp3) is 0.455. The van der Waals surface area contributed by atoms with Crippen molar-refractivity contribution in [3.05, 3.63) is 33.9 Å². The first-order chi connectivity index (χ1) is 8.22. The molecule has 0 spiro atoms. The smallest absolute Gasteiger partial charge is 0.269 e. The minimum atomic E-state index is -0.364. The third-order valence-electron chi connectivity index (χ3n) is 2.80. The minimum absolute atomic E-state index is 0.133. The molecule has 0 aliphatic carbocycles. The van der Waals surface area contributed by atoms with Crippen molar-refractivity contribution < 1.29 is 9.66 Å². The zero-order chi connectivity index (χ0) is 12.3. The summed E-state index contributed by atoms with van der Waals surface area (Å²) in [6, 6.07) is 4.82. The van der Waals surface area contributed by atoms with Crippen molar-refractivity contribution in [3.8, 4) is 5.75 Å². The molecule has 17 heavy (non-hydrogen) atoms. The van der Waals surface area contributed by atoms with Crippen molar-refractivity contribution in [3.63, 3.8) is 0 Å². The maximum absolute atomic E-state index is 10.8. The molecule has 1 atom stereocenters. The molecule has 1 aromatic rings. The van der Waals surface area contributed by atoms with Crippen LogP contribution in [0.25, 0.3) is 0 Å². The zero-order valence-electron chi connectivity index (χ0n) is 9.51. The van der Waals surface area contributed by atoms with Gasteiger partial charge in [0.2, 0.25) is 0 Å². The average Bonchev–Trinajstić information content (AvgIpc) is 2.35. The highest BCUT2D eigenvalue weighted by molar-refractivity contribution is 7.97. The lowest BCUT2D eigenvalue weighted by molar-refractivity contribution is -0.385. The second kappa shape index (κ2) is 5.37. The fourth-order valence-electron chi connectivity index (χ4n) is 1.92. The van der Waals surface area contributed by atoms with Gasteiger partial charge < -0.3 is 4.74 Å². The van der Waals surface area contributed by atoms with Crippen molar-refractivity contribution in [2.75, 3.05) is 19.4 Å². The van der Waals surface area contributed by atoms with E-state index in [4.69, 9.17) is 4.74 Å². The third kappa shape index (κ3) is 2.70. The number of nitro groups is 1. The van der Waals surface area contributed by atoms with Crippen LogP contribution < -0.4 is 9.46 Å². The van der Waals surface area contributed by atoms with Gasteiger partial charge in [0.15, 0.2) is 0 Å². The summed E-state index contributed by atoms with van der Waals surface area (Å²) in [4.78, 5) is 10.4. The lowest BCUT2D eigenvalue weighted by atomic mass is 9.94. The Labute approximate surface area is 104 Å². The maximum Gasteiger partial charge on any atom is 0.269 e. The first-order valence-electron chi connectivity index (χ1n) is 5.42. The molecule has 1 N–H and O–H groups in total. The number of nitro benzene ring substituents is 1. The maximum atomic E-state index is 10.8. The fourth-order valence-corrected chi connectivity index (χ4v) is 2.64. The van der Waals surface area contributed by atoms with Crippen LogP contribution in [-0.4, -0.2) is 24.3 Å². The van der Waals surface area contributed by atoms with E-state index in [0.717, 1.165) is 23.5 Å². The van der Waals surface area contributed by atoms with Gasteiger partial charge >= 0.3 is 0 Å². The van der Waals surface area contributed by atoms with Crippen molar-refractivity contribution in [1.82, 2.24) is 4.72 Å². The highest BCUT2D eigenvalue weighted by Gasteiger charge is 2.23. The predicted octanol–water partition coefficient (Wildman–Crippen LogP) is 2.33. The Morgan fingerprint density at radius 3 is 3.18 bits per heavy atom. The number of nitrogens with one attached hydrogen (secondary N) is 1. The quantitative estimate of drug-likeness (QED) is 0.507. The van der Waals surface area contributed by atoms with Gasteiger partial charge in [0.05, 0.1) is 11.5 Å². The number of hydrogen-bond donors (Lipinski definition) is 1. The molecule has 0 aromatic heterocycles. The molecule has 0 amide bonds. The van der Waals surface area contributed by atoms with Crippen LogP contribution in [-0.2, 0) is 0 Å². The Morgan fingerprint density at radius 1 is 1.65 bits per heavy atom. The molecule has 1 heterocycles.